The van der Waals surface area contributed by atoms with Crippen LogP contribution in [0.2, 0.25) is 0 Å². The Balaban J connectivity index is 2.47. The van der Waals surface area contributed by atoms with Gasteiger partial charge >= 0.3 is 0 Å². The summed E-state index contributed by atoms with van der Waals surface area (Å²) in [5.41, 5.74) is 0. The predicted molar refractivity (Wildman–Crippen MR) is 76.6 cm³/mol. The molecule has 4 nitrogen and oxygen atoms in total. The van der Waals surface area contributed by atoms with Crippen molar-refractivity contribution in [3.63, 3.8) is 0 Å². The largest absolute Gasteiger partial charge is 0.314 e. The van der Waals surface area contributed by atoms with Crippen LogP contribution >= 0.6 is 0 Å². The smallest absolute Gasteiger partial charge is 0.148 e. The van der Waals surface area contributed by atoms with Gasteiger partial charge in [0.05, 0.1) is 5.75 Å². The molecule has 0 saturated carbocycles. The van der Waals surface area contributed by atoms with Crippen LogP contribution in [0.25, 0.3) is 0 Å². The minimum Gasteiger partial charge on any atom is -0.314 e. The molecule has 0 aromatic carbocycles. The Morgan fingerprint density at radius 1 is 1.33 bits per heavy atom. The fraction of sp³-hybridized carbons (Fsp3) is 1.00. The van der Waals surface area contributed by atoms with Gasteiger partial charge in [-0.1, -0.05) is 13.8 Å². The van der Waals surface area contributed by atoms with E-state index in [2.05, 4.69) is 31.0 Å². The summed E-state index contributed by atoms with van der Waals surface area (Å²) in [6, 6.07) is 1.03. The molecule has 1 aliphatic heterocycles. The molecule has 5 heteroatoms. The van der Waals surface area contributed by atoms with E-state index in [4.69, 9.17) is 0 Å². The first kappa shape index (κ1) is 15.9. The maximum Gasteiger partial charge on any atom is 0.148 e. The number of rotatable bonds is 6. The Bertz CT molecular complexity index is 343. The Morgan fingerprint density at radius 3 is 2.56 bits per heavy atom. The van der Waals surface area contributed by atoms with Crippen molar-refractivity contribution in [2.24, 2.45) is 5.92 Å². The first-order chi connectivity index (χ1) is 8.35. The fourth-order valence-electron chi connectivity index (χ4n) is 2.66. The van der Waals surface area contributed by atoms with Crippen molar-refractivity contribution in [2.45, 2.75) is 45.7 Å². The predicted octanol–water partition coefficient (Wildman–Crippen LogP) is 1.13. The number of nitrogens with zero attached hydrogens (tertiary/aromatic N) is 1. The van der Waals surface area contributed by atoms with Crippen molar-refractivity contribution in [3.05, 3.63) is 0 Å². The van der Waals surface area contributed by atoms with Gasteiger partial charge in [-0.05, 0) is 38.8 Å². The highest BCUT2D eigenvalue weighted by Gasteiger charge is 2.31. The Labute approximate surface area is 112 Å². The average Bonchev–Trinajstić information content (AvgIpc) is 2.28. The summed E-state index contributed by atoms with van der Waals surface area (Å²) < 4.78 is 22.5. The van der Waals surface area contributed by atoms with Crippen molar-refractivity contribution in [3.8, 4) is 0 Å². The van der Waals surface area contributed by atoms with E-state index in [-0.39, 0.29) is 5.75 Å². The number of nitrogens with one attached hydrogen (secondary N) is 1. The molecule has 1 saturated heterocycles. The molecule has 1 fully saturated rings. The zero-order valence-electron chi connectivity index (χ0n) is 12.1. The molecule has 0 spiro atoms. The molecule has 1 heterocycles. The molecule has 1 rings (SSSR count). The summed E-state index contributed by atoms with van der Waals surface area (Å²) in [6.07, 6.45) is 3.60. The van der Waals surface area contributed by atoms with Gasteiger partial charge in [-0.3, -0.25) is 4.90 Å². The molecule has 1 aliphatic rings. The van der Waals surface area contributed by atoms with Crippen LogP contribution in [0.3, 0.4) is 0 Å². The van der Waals surface area contributed by atoms with Gasteiger partial charge < -0.3 is 5.32 Å². The number of hydrogen-bond donors (Lipinski definition) is 1. The van der Waals surface area contributed by atoms with Crippen LogP contribution in [-0.4, -0.2) is 57.0 Å². The van der Waals surface area contributed by atoms with Gasteiger partial charge in [0.2, 0.25) is 0 Å². The highest BCUT2D eigenvalue weighted by molar-refractivity contribution is 7.90. The third-order valence-corrected chi connectivity index (χ3v) is 5.03. The second-order valence-electron chi connectivity index (χ2n) is 5.61. The van der Waals surface area contributed by atoms with E-state index in [1.807, 2.05) is 0 Å². The van der Waals surface area contributed by atoms with Crippen LogP contribution in [0.15, 0.2) is 0 Å². The third-order valence-electron chi connectivity index (χ3n) is 4.10. The van der Waals surface area contributed by atoms with Gasteiger partial charge in [0.25, 0.3) is 0 Å². The monoisotopic (exact) mass is 276 g/mol. The average molecular weight is 276 g/mol. The summed E-state index contributed by atoms with van der Waals surface area (Å²) in [4.78, 5) is 2.32. The first-order valence-corrected chi connectivity index (χ1v) is 9.06. The SMILES string of the molecule is CCCNC1CCN(CCS(C)(=O)=O)C(C)C1C. The molecule has 0 radical (unpaired) electrons. The number of hydrogen-bond acceptors (Lipinski definition) is 4. The quantitative estimate of drug-likeness (QED) is 0.790. The number of likely N-dealkylation sites (tertiary alicyclic amines) is 1. The highest BCUT2D eigenvalue weighted by Crippen LogP contribution is 2.23. The molecular weight excluding hydrogens is 248 g/mol. The molecule has 18 heavy (non-hydrogen) atoms. The second-order valence-corrected chi connectivity index (χ2v) is 7.87. The van der Waals surface area contributed by atoms with Crippen molar-refractivity contribution in [1.29, 1.82) is 0 Å². The van der Waals surface area contributed by atoms with Crippen molar-refractivity contribution < 1.29 is 8.42 Å². The minimum atomic E-state index is -2.85. The zero-order chi connectivity index (χ0) is 13.8. The van der Waals surface area contributed by atoms with Crippen molar-refractivity contribution in [1.82, 2.24) is 10.2 Å². The van der Waals surface area contributed by atoms with E-state index in [9.17, 15) is 8.42 Å². The molecule has 0 aromatic heterocycles. The topological polar surface area (TPSA) is 49.4 Å². The third kappa shape index (κ3) is 4.86. The fourth-order valence-corrected chi connectivity index (χ4v) is 3.22. The normalized spacial score (nSPS) is 30.6. The maximum atomic E-state index is 11.2. The standard InChI is InChI=1S/C13H28N2O2S/c1-5-7-14-13-6-8-15(12(3)11(13)2)9-10-18(4,16)17/h11-14H,5-10H2,1-4H3. The summed E-state index contributed by atoms with van der Waals surface area (Å²) in [6.45, 7) is 9.41. The lowest BCUT2D eigenvalue weighted by atomic mass is 9.87. The molecule has 3 atom stereocenters. The summed E-state index contributed by atoms with van der Waals surface area (Å²) in [7, 11) is -2.85. The lowest BCUT2D eigenvalue weighted by Gasteiger charge is -2.43. The van der Waals surface area contributed by atoms with E-state index in [1.165, 1.54) is 6.26 Å². The van der Waals surface area contributed by atoms with Crippen molar-refractivity contribution >= 4 is 9.84 Å². The second kappa shape index (κ2) is 6.87. The van der Waals surface area contributed by atoms with Gasteiger partial charge in [-0.15, -0.1) is 0 Å². The summed E-state index contributed by atoms with van der Waals surface area (Å²) in [5.74, 6) is 0.849. The van der Waals surface area contributed by atoms with Gasteiger partial charge in [-0.2, -0.15) is 0 Å². The zero-order valence-corrected chi connectivity index (χ0v) is 13.0. The summed E-state index contributed by atoms with van der Waals surface area (Å²) >= 11 is 0. The Kier molecular flexibility index (Phi) is 6.08. The van der Waals surface area contributed by atoms with Crippen LogP contribution in [0.5, 0.6) is 0 Å². The molecule has 0 amide bonds. The first-order valence-electron chi connectivity index (χ1n) is 7.00. The Morgan fingerprint density at radius 2 is 2.00 bits per heavy atom. The highest BCUT2D eigenvalue weighted by atomic mass is 32.2. The molecule has 0 bridgehead atoms. The number of piperidine rings is 1. The maximum absolute atomic E-state index is 11.2. The van der Waals surface area contributed by atoms with Crippen LogP contribution < -0.4 is 5.32 Å². The van der Waals surface area contributed by atoms with Crippen LogP contribution in [0.4, 0.5) is 0 Å². The van der Waals surface area contributed by atoms with E-state index in [0.717, 1.165) is 25.9 Å². The molecule has 0 aliphatic carbocycles. The van der Waals surface area contributed by atoms with Crippen molar-refractivity contribution in [2.75, 3.05) is 31.6 Å². The minimum absolute atomic E-state index is 0.275. The molecule has 108 valence electrons. The molecule has 0 aromatic rings. The van der Waals surface area contributed by atoms with Crippen LogP contribution in [0.1, 0.15) is 33.6 Å². The lowest BCUT2D eigenvalue weighted by Crippen LogP contribution is -2.54. The Hall–Kier alpha value is -0.130. The summed E-state index contributed by atoms with van der Waals surface area (Å²) in [5, 5.41) is 3.60. The van der Waals surface area contributed by atoms with E-state index >= 15 is 0 Å². The van der Waals surface area contributed by atoms with Crippen LogP contribution in [-0.2, 0) is 9.84 Å². The van der Waals surface area contributed by atoms with Gasteiger partial charge in [-0.25, -0.2) is 8.42 Å². The lowest BCUT2D eigenvalue weighted by molar-refractivity contribution is 0.0909. The number of sulfone groups is 1. The van der Waals surface area contributed by atoms with E-state index in [1.54, 1.807) is 0 Å². The van der Waals surface area contributed by atoms with Crippen LogP contribution in [0, 0.1) is 5.92 Å². The van der Waals surface area contributed by atoms with E-state index in [0.29, 0.717) is 24.5 Å². The van der Waals surface area contributed by atoms with Gasteiger partial charge in [0, 0.05) is 24.9 Å². The molecule has 3 unspecified atom stereocenters. The van der Waals surface area contributed by atoms with E-state index < -0.39 is 9.84 Å². The molecule has 1 N–H and O–H groups in total. The molecular formula is C13H28N2O2S. The van der Waals surface area contributed by atoms with Gasteiger partial charge in [0.1, 0.15) is 9.84 Å². The van der Waals surface area contributed by atoms with Gasteiger partial charge in [0.15, 0.2) is 0 Å².